The normalized spacial score (nSPS) is 10.4. The number of hydrogen-bond acceptors (Lipinski definition) is 6. The minimum Gasteiger partial charge on any atom is -0.434 e. The van der Waals surface area contributed by atoms with Crippen LogP contribution in [-0.4, -0.2) is 14.9 Å². The number of aryl methyl sites for hydroxylation is 2. The third kappa shape index (κ3) is 4.15. The maximum atomic E-state index is 11.6. The minimum absolute atomic E-state index is 0.0618. The first-order chi connectivity index (χ1) is 12.4. The lowest BCUT2D eigenvalue weighted by molar-refractivity contribution is -0.385. The smallest absolute Gasteiger partial charge is 0.373 e. The van der Waals surface area contributed by atoms with Crippen LogP contribution in [0.2, 0.25) is 0 Å². The Bertz CT molecular complexity index is 941. The molecular weight excluding hydrogens is 400 g/mol. The molecule has 0 radical (unpaired) electrons. The minimum atomic E-state index is -0.556. The SMILES string of the molecule is Cc1cc(C)cc(Oc2ncnc(Nc3ccc(Br)cc3)c2[N+](=O)[O-])c1. The first-order valence-corrected chi connectivity index (χ1v) is 8.50. The van der Waals surface area contributed by atoms with Gasteiger partial charge < -0.3 is 10.1 Å². The number of nitro groups is 1. The molecule has 0 fully saturated rings. The molecule has 0 saturated carbocycles. The molecule has 0 unspecified atom stereocenters. The van der Waals surface area contributed by atoms with Crippen molar-refractivity contribution in [3.8, 4) is 11.6 Å². The third-order valence-electron chi connectivity index (χ3n) is 3.49. The fourth-order valence-corrected chi connectivity index (χ4v) is 2.73. The van der Waals surface area contributed by atoms with Crippen molar-refractivity contribution in [2.45, 2.75) is 13.8 Å². The Balaban J connectivity index is 1.98. The lowest BCUT2D eigenvalue weighted by Crippen LogP contribution is -2.03. The highest BCUT2D eigenvalue weighted by Gasteiger charge is 2.25. The molecule has 0 saturated heterocycles. The van der Waals surface area contributed by atoms with Crippen LogP contribution >= 0.6 is 15.9 Å². The van der Waals surface area contributed by atoms with Gasteiger partial charge in [0.2, 0.25) is 5.82 Å². The van der Waals surface area contributed by atoms with Crippen molar-refractivity contribution in [3.63, 3.8) is 0 Å². The number of hydrogen-bond donors (Lipinski definition) is 1. The van der Waals surface area contributed by atoms with Gasteiger partial charge in [0.05, 0.1) is 4.92 Å². The van der Waals surface area contributed by atoms with E-state index in [4.69, 9.17) is 4.74 Å². The molecule has 0 amide bonds. The van der Waals surface area contributed by atoms with Crippen LogP contribution in [0.25, 0.3) is 0 Å². The zero-order valence-corrected chi connectivity index (χ0v) is 15.6. The molecule has 2 aromatic carbocycles. The molecule has 3 rings (SSSR count). The van der Waals surface area contributed by atoms with Gasteiger partial charge in [-0.1, -0.05) is 22.0 Å². The van der Waals surface area contributed by atoms with Gasteiger partial charge in [-0.15, -0.1) is 0 Å². The summed E-state index contributed by atoms with van der Waals surface area (Å²) in [5.41, 5.74) is 2.32. The van der Waals surface area contributed by atoms with Crippen LogP contribution in [0, 0.1) is 24.0 Å². The Morgan fingerprint density at radius 3 is 2.35 bits per heavy atom. The van der Waals surface area contributed by atoms with Gasteiger partial charge in [0, 0.05) is 10.2 Å². The number of rotatable bonds is 5. The molecule has 0 aliphatic heterocycles. The van der Waals surface area contributed by atoms with Crippen molar-refractivity contribution in [1.29, 1.82) is 0 Å². The summed E-state index contributed by atoms with van der Waals surface area (Å²) in [7, 11) is 0. The summed E-state index contributed by atoms with van der Waals surface area (Å²) in [6, 6.07) is 12.8. The second-order valence-electron chi connectivity index (χ2n) is 5.69. The Labute approximate surface area is 158 Å². The van der Waals surface area contributed by atoms with Gasteiger partial charge in [0.25, 0.3) is 0 Å². The van der Waals surface area contributed by atoms with Crippen LogP contribution in [0.1, 0.15) is 11.1 Å². The quantitative estimate of drug-likeness (QED) is 0.449. The Morgan fingerprint density at radius 1 is 1.08 bits per heavy atom. The van der Waals surface area contributed by atoms with Gasteiger partial charge >= 0.3 is 11.6 Å². The molecule has 7 nitrogen and oxygen atoms in total. The predicted molar refractivity (Wildman–Crippen MR) is 102 cm³/mol. The fraction of sp³-hybridized carbons (Fsp3) is 0.111. The summed E-state index contributed by atoms with van der Waals surface area (Å²) in [6.07, 6.45) is 1.23. The van der Waals surface area contributed by atoms with Gasteiger partial charge in [-0.05, 0) is 61.4 Å². The number of nitrogens with one attached hydrogen (secondary N) is 1. The highest BCUT2D eigenvalue weighted by Crippen LogP contribution is 2.36. The molecule has 0 atom stereocenters. The second kappa shape index (κ2) is 7.49. The van der Waals surface area contributed by atoms with Crippen LogP contribution in [0.3, 0.4) is 0 Å². The van der Waals surface area contributed by atoms with Gasteiger partial charge in [-0.3, -0.25) is 10.1 Å². The Kier molecular flexibility index (Phi) is 5.13. The van der Waals surface area contributed by atoms with E-state index in [1.807, 2.05) is 32.0 Å². The molecule has 1 heterocycles. The van der Waals surface area contributed by atoms with Crippen molar-refractivity contribution in [1.82, 2.24) is 9.97 Å². The van der Waals surface area contributed by atoms with Gasteiger partial charge in [-0.2, -0.15) is 4.98 Å². The van der Waals surface area contributed by atoms with E-state index in [-0.39, 0.29) is 17.4 Å². The van der Waals surface area contributed by atoms with E-state index in [0.29, 0.717) is 11.4 Å². The van der Waals surface area contributed by atoms with Crippen LogP contribution in [-0.2, 0) is 0 Å². The molecular formula is C18H15BrN4O3. The Hall–Kier alpha value is -3.00. The van der Waals surface area contributed by atoms with Gasteiger partial charge in [0.15, 0.2) is 0 Å². The van der Waals surface area contributed by atoms with E-state index in [1.54, 1.807) is 24.3 Å². The molecule has 1 aromatic heterocycles. The van der Waals surface area contributed by atoms with E-state index in [1.165, 1.54) is 6.33 Å². The first kappa shape index (κ1) is 17.8. The number of benzene rings is 2. The summed E-state index contributed by atoms with van der Waals surface area (Å²) in [6.45, 7) is 3.85. The van der Waals surface area contributed by atoms with E-state index < -0.39 is 4.92 Å². The number of halogens is 1. The molecule has 8 heteroatoms. The summed E-state index contributed by atoms with van der Waals surface area (Å²) >= 11 is 3.35. The lowest BCUT2D eigenvalue weighted by atomic mass is 10.1. The molecule has 26 heavy (non-hydrogen) atoms. The highest BCUT2D eigenvalue weighted by molar-refractivity contribution is 9.10. The van der Waals surface area contributed by atoms with E-state index in [0.717, 1.165) is 15.6 Å². The van der Waals surface area contributed by atoms with Crippen LogP contribution in [0.15, 0.2) is 53.3 Å². The summed E-state index contributed by atoms with van der Waals surface area (Å²) in [5.74, 6) is 0.431. The third-order valence-corrected chi connectivity index (χ3v) is 4.02. The van der Waals surface area contributed by atoms with E-state index in [2.05, 4.69) is 31.2 Å². The van der Waals surface area contributed by atoms with Crippen molar-refractivity contribution in [2.75, 3.05) is 5.32 Å². The maximum absolute atomic E-state index is 11.6. The molecule has 0 spiro atoms. The fourth-order valence-electron chi connectivity index (χ4n) is 2.47. The van der Waals surface area contributed by atoms with Crippen LogP contribution < -0.4 is 10.1 Å². The largest absolute Gasteiger partial charge is 0.434 e. The highest BCUT2D eigenvalue weighted by atomic mass is 79.9. The average molecular weight is 415 g/mol. The summed E-state index contributed by atoms with van der Waals surface area (Å²) in [4.78, 5) is 19.0. The number of nitrogens with zero attached hydrogens (tertiary/aromatic N) is 3. The standard InChI is InChI=1S/C18H15BrN4O3/c1-11-7-12(2)9-15(8-11)26-18-16(23(24)25)17(20-10-21-18)22-14-5-3-13(19)4-6-14/h3-10H,1-2H3,(H,20,21,22). The monoisotopic (exact) mass is 414 g/mol. The van der Waals surface area contributed by atoms with Crippen LogP contribution in [0.4, 0.5) is 17.2 Å². The zero-order chi connectivity index (χ0) is 18.7. The molecule has 0 aliphatic carbocycles. The van der Waals surface area contributed by atoms with E-state index >= 15 is 0 Å². The van der Waals surface area contributed by atoms with Crippen molar-refractivity contribution < 1.29 is 9.66 Å². The number of anilines is 2. The Morgan fingerprint density at radius 2 is 1.73 bits per heavy atom. The maximum Gasteiger partial charge on any atom is 0.373 e. The summed E-state index contributed by atoms with van der Waals surface area (Å²) < 4.78 is 6.59. The topological polar surface area (TPSA) is 90.2 Å². The number of aromatic nitrogens is 2. The average Bonchev–Trinajstić information content (AvgIpc) is 2.56. The zero-order valence-electron chi connectivity index (χ0n) is 14.1. The predicted octanol–water partition coefficient (Wildman–Crippen LogP) is 5.30. The lowest BCUT2D eigenvalue weighted by Gasteiger charge is -2.10. The molecule has 132 valence electrons. The molecule has 0 aliphatic rings. The first-order valence-electron chi connectivity index (χ1n) is 7.70. The van der Waals surface area contributed by atoms with Gasteiger partial charge in [0.1, 0.15) is 12.1 Å². The van der Waals surface area contributed by atoms with Crippen LogP contribution in [0.5, 0.6) is 11.6 Å². The van der Waals surface area contributed by atoms with Crippen molar-refractivity contribution in [3.05, 3.63) is 74.5 Å². The molecule has 3 aromatic rings. The van der Waals surface area contributed by atoms with E-state index in [9.17, 15) is 10.1 Å². The number of ether oxygens (including phenoxy) is 1. The molecule has 1 N–H and O–H groups in total. The van der Waals surface area contributed by atoms with Gasteiger partial charge in [-0.25, -0.2) is 4.98 Å². The molecule has 0 bridgehead atoms. The van der Waals surface area contributed by atoms with Crippen molar-refractivity contribution in [2.24, 2.45) is 0 Å². The summed E-state index contributed by atoms with van der Waals surface area (Å²) in [5, 5.41) is 14.5. The van der Waals surface area contributed by atoms with Crippen molar-refractivity contribution >= 4 is 33.1 Å². The second-order valence-corrected chi connectivity index (χ2v) is 6.61.